The second kappa shape index (κ2) is 7.00. The molecule has 0 spiro atoms. The Hall–Kier alpha value is -3.08. The van der Waals surface area contributed by atoms with Crippen LogP contribution in [0.5, 0.6) is 11.5 Å². The molecule has 1 amide bonds. The van der Waals surface area contributed by atoms with E-state index in [4.69, 9.17) is 9.47 Å². The maximum absolute atomic E-state index is 12.3. The molecule has 0 aliphatic heterocycles. The molecule has 0 radical (unpaired) electrons. The highest BCUT2D eigenvalue weighted by Crippen LogP contribution is 2.22. The van der Waals surface area contributed by atoms with E-state index < -0.39 is 0 Å². The van der Waals surface area contributed by atoms with E-state index in [0.717, 1.165) is 22.4 Å². The van der Waals surface area contributed by atoms with Crippen LogP contribution in [0.25, 0.3) is 10.9 Å². The zero-order valence-corrected chi connectivity index (χ0v) is 13.6. The Labute approximate surface area is 140 Å². The molecule has 5 heteroatoms. The number of fused-ring (bicyclic) bond motifs is 1. The number of hydrogen-bond donors (Lipinski definition) is 1. The number of rotatable bonds is 5. The maximum atomic E-state index is 12.3. The van der Waals surface area contributed by atoms with Gasteiger partial charge in [0.1, 0.15) is 11.5 Å². The summed E-state index contributed by atoms with van der Waals surface area (Å²) in [4.78, 5) is 16.7. The van der Waals surface area contributed by atoms with Crippen LogP contribution in [-0.2, 0) is 0 Å². The molecule has 0 aliphatic carbocycles. The van der Waals surface area contributed by atoms with E-state index in [2.05, 4.69) is 10.3 Å². The van der Waals surface area contributed by atoms with E-state index in [-0.39, 0.29) is 5.91 Å². The average Bonchev–Trinajstić information content (AvgIpc) is 2.62. The van der Waals surface area contributed by atoms with Crippen molar-refractivity contribution in [3.63, 3.8) is 0 Å². The molecule has 1 heterocycles. The van der Waals surface area contributed by atoms with Crippen LogP contribution < -0.4 is 14.8 Å². The number of benzene rings is 2. The van der Waals surface area contributed by atoms with Crippen molar-refractivity contribution in [3.8, 4) is 11.5 Å². The number of pyridine rings is 1. The van der Waals surface area contributed by atoms with E-state index in [1.807, 2.05) is 31.2 Å². The number of ether oxygens (including phenoxy) is 2. The van der Waals surface area contributed by atoms with Gasteiger partial charge in [-0.25, -0.2) is 0 Å². The summed E-state index contributed by atoms with van der Waals surface area (Å²) in [6.07, 6.45) is 1.63. The van der Waals surface area contributed by atoms with Crippen molar-refractivity contribution in [3.05, 3.63) is 60.3 Å². The van der Waals surface area contributed by atoms with E-state index in [1.165, 1.54) is 0 Å². The Morgan fingerprint density at radius 3 is 2.54 bits per heavy atom. The summed E-state index contributed by atoms with van der Waals surface area (Å²) in [6, 6.07) is 14.5. The molecule has 1 N–H and O–H groups in total. The highest BCUT2D eigenvalue weighted by Gasteiger charge is 2.07. The molecule has 0 saturated heterocycles. The minimum atomic E-state index is -0.187. The highest BCUT2D eigenvalue weighted by atomic mass is 16.5. The van der Waals surface area contributed by atoms with Crippen LogP contribution in [0.1, 0.15) is 17.3 Å². The lowest BCUT2D eigenvalue weighted by Gasteiger charge is -2.08. The summed E-state index contributed by atoms with van der Waals surface area (Å²) in [6.45, 7) is 2.52. The van der Waals surface area contributed by atoms with Crippen LogP contribution in [0.15, 0.2) is 54.7 Å². The Bertz CT molecular complexity index is 860. The third-order valence-corrected chi connectivity index (χ3v) is 3.58. The number of aromatic nitrogens is 1. The van der Waals surface area contributed by atoms with E-state index in [0.29, 0.717) is 17.9 Å². The second-order valence-corrected chi connectivity index (χ2v) is 5.19. The first-order valence-electron chi connectivity index (χ1n) is 7.67. The molecule has 3 rings (SSSR count). The average molecular weight is 322 g/mol. The van der Waals surface area contributed by atoms with Crippen LogP contribution in [0.3, 0.4) is 0 Å². The molecule has 0 bridgehead atoms. The van der Waals surface area contributed by atoms with Crippen LogP contribution in [0, 0.1) is 0 Å². The van der Waals surface area contributed by atoms with E-state index in [9.17, 15) is 4.79 Å². The minimum absolute atomic E-state index is 0.187. The summed E-state index contributed by atoms with van der Waals surface area (Å²) in [5.74, 6) is 1.31. The van der Waals surface area contributed by atoms with Crippen molar-refractivity contribution in [1.29, 1.82) is 0 Å². The van der Waals surface area contributed by atoms with Crippen molar-refractivity contribution in [2.24, 2.45) is 0 Å². The normalized spacial score (nSPS) is 10.4. The molecule has 5 nitrogen and oxygen atoms in total. The van der Waals surface area contributed by atoms with Gasteiger partial charge in [0, 0.05) is 17.0 Å². The molecule has 2 aromatic carbocycles. The Morgan fingerprint density at radius 2 is 1.83 bits per heavy atom. The van der Waals surface area contributed by atoms with Gasteiger partial charge in [0.05, 0.1) is 31.1 Å². The third-order valence-electron chi connectivity index (χ3n) is 3.58. The lowest BCUT2D eigenvalue weighted by atomic mass is 10.2. The van der Waals surface area contributed by atoms with E-state index >= 15 is 0 Å². The van der Waals surface area contributed by atoms with Crippen molar-refractivity contribution >= 4 is 22.5 Å². The first-order chi connectivity index (χ1) is 11.7. The first kappa shape index (κ1) is 15.8. The van der Waals surface area contributed by atoms with Gasteiger partial charge in [0.25, 0.3) is 5.91 Å². The fraction of sp³-hybridized carbons (Fsp3) is 0.158. The number of anilines is 1. The number of methoxy groups -OCH3 is 1. The van der Waals surface area contributed by atoms with Gasteiger partial charge < -0.3 is 14.8 Å². The van der Waals surface area contributed by atoms with Gasteiger partial charge in [0.2, 0.25) is 0 Å². The number of carbonyl (C=O) groups is 1. The number of nitrogens with zero attached hydrogens (tertiary/aromatic N) is 1. The molecule has 0 saturated carbocycles. The Morgan fingerprint density at radius 1 is 1.08 bits per heavy atom. The summed E-state index contributed by atoms with van der Waals surface area (Å²) >= 11 is 0. The molecule has 0 aliphatic rings. The van der Waals surface area contributed by atoms with E-state index in [1.54, 1.807) is 37.6 Å². The third kappa shape index (κ3) is 3.46. The van der Waals surface area contributed by atoms with Gasteiger partial charge in [0.15, 0.2) is 0 Å². The summed E-state index contributed by atoms with van der Waals surface area (Å²) < 4.78 is 10.6. The minimum Gasteiger partial charge on any atom is -0.497 e. The van der Waals surface area contributed by atoms with Crippen LogP contribution in [0.2, 0.25) is 0 Å². The van der Waals surface area contributed by atoms with Gasteiger partial charge in [-0.3, -0.25) is 9.78 Å². The standard InChI is InChI=1S/C19H18N2O3/c1-3-24-16-7-4-13(5-8-16)19(22)21-15-10-14-6-9-17(23-2)11-18(14)20-12-15/h4-12H,3H2,1-2H3,(H,21,22). The van der Waals surface area contributed by atoms with Gasteiger partial charge >= 0.3 is 0 Å². The predicted octanol–water partition coefficient (Wildman–Crippen LogP) is 3.89. The highest BCUT2D eigenvalue weighted by molar-refractivity contribution is 6.05. The lowest BCUT2D eigenvalue weighted by molar-refractivity contribution is 0.102. The van der Waals surface area contributed by atoms with Gasteiger partial charge in [-0.2, -0.15) is 0 Å². The summed E-state index contributed by atoms with van der Waals surface area (Å²) in [5.41, 5.74) is 2.02. The van der Waals surface area contributed by atoms with Crippen molar-refractivity contribution in [2.75, 3.05) is 19.0 Å². The Kier molecular flexibility index (Phi) is 4.61. The first-order valence-corrected chi connectivity index (χ1v) is 7.67. The fourth-order valence-electron chi connectivity index (χ4n) is 2.37. The SMILES string of the molecule is CCOc1ccc(C(=O)Nc2cnc3cc(OC)ccc3c2)cc1. The zero-order chi connectivity index (χ0) is 16.9. The molecule has 0 atom stereocenters. The topological polar surface area (TPSA) is 60.5 Å². The summed E-state index contributed by atoms with van der Waals surface area (Å²) in [7, 11) is 1.62. The smallest absolute Gasteiger partial charge is 0.255 e. The fourth-order valence-corrected chi connectivity index (χ4v) is 2.37. The number of nitrogens with one attached hydrogen (secondary N) is 1. The molecule has 24 heavy (non-hydrogen) atoms. The number of hydrogen-bond acceptors (Lipinski definition) is 4. The quantitative estimate of drug-likeness (QED) is 0.774. The monoisotopic (exact) mass is 322 g/mol. The zero-order valence-electron chi connectivity index (χ0n) is 13.6. The maximum Gasteiger partial charge on any atom is 0.255 e. The van der Waals surface area contributed by atoms with Crippen molar-refractivity contribution in [1.82, 2.24) is 4.98 Å². The van der Waals surface area contributed by atoms with Gasteiger partial charge in [-0.15, -0.1) is 0 Å². The van der Waals surface area contributed by atoms with Crippen molar-refractivity contribution < 1.29 is 14.3 Å². The van der Waals surface area contributed by atoms with Crippen LogP contribution in [-0.4, -0.2) is 24.6 Å². The van der Waals surface area contributed by atoms with Crippen molar-refractivity contribution in [2.45, 2.75) is 6.92 Å². The number of carbonyl (C=O) groups excluding carboxylic acids is 1. The molecule has 1 aromatic heterocycles. The van der Waals surface area contributed by atoms with Gasteiger partial charge in [-0.05, 0) is 49.4 Å². The Balaban J connectivity index is 1.77. The van der Waals surface area contributed by atoms with Crippen LogP contribution >= 0.6 is 0 Å². The molecule has 0 fully saturated rings. The molecule has 122 valence electrons. The second-order valence-electron chi connectivity index (χ2n) is 5.19. The molecule has 3 aromatic rings. The van der Waals surface area contributed by atoms with Crippen LogP contribution in [0.4, 0.5) is 5.69 Å². The largest absolute Gasteiger partial charge is 0.497 e. The lowest BCUT2D eigenvalue weighted by Crippen LogP contribution is -2.12. The molecular weight excluding hydrogens is 304 g/mol. The number of amides is 1. The summed E-state index contributed by atoms with van der Waals surface area (Å²) in [5, 5.41) is 3.79. The van der Waals surface area contributed by atoms with Gasteiger partial charge in [-0.1, -0.05) is 0 Å². The molecule has 0 unspecified atom stereocenters. The predicted molar refractivity (Wildman–Crippen MR) is 93.9 cm³/mol. The molecular formula is C19H18N2O3.